The lowest BCUT2D eigenvalue weighted by atomic mass is 9.84. The molecule has 0 aliphatic heterocycles. The first-order chi connectivity index (χ1) is 10.1. The van der Waals surface area contributed by atoms with Crippen LogP contribution >= 0.6 is 0 Å². The van der Waals surface area contributed by atoms with Gasteiger partial charge in [0.05, 0.1) is 5.69 Å². The first kappa shape index (κ1) is 16.5. The fourth-order valence-corrected chi connectivity index (χ4v) is 2.50. The molecule has 5 heteroatoms. The number of ketones is 1. The van der Waals surface area contributed by atoms with Crippen molar-refractivity contribution in [2.75, 3.05) is 5.32 Å². The fourth-order valence-electron chi connectivity index (χ4n) is 2.50. The molecule has 1 amide bonds. The van der Waals surface area contributed by atoms with E-state index in [-0.39, 0.29) is 11.2 Å². The number of rotatable bonds is 1. The molecule has 1 heterocycles. The summed E-state index contributed by atoms with van der Waals surface area (Å²) in [6.07, 6.45) is 1.62. The number of carbonyl (C=O) groups excluding carboxylic acids is 2. The van der Waals surface area contributed by atoms with Gasteiger partial charge < -0.3 is 4.74 Å². The average molecular weight is 304 g/mol. The number of carbonyl (C=O) groups is 2. The number of fused-ring (bicyclic) bond motifs is 1. The normalized spacial score (nSPS) is 17.4. The van der Waals surface area contributed by atoms with Crippen LogP contribution in [0.25, 0.3) is 0 Å². The highest BCUT2D eigenvalue weighted by atomic mass is 16.6. The first-order valence-corrected chi connectivity index (χ1v) is 7.59. The summed E-state index contributed by atoms with van der Waals surface area (Å²) in [7, 11) is 0. The largest absolute Gasteiger partial charge is 0.444 e. The number of aromatic nitrogens is 1. The lowest BCUT2D eigenvalue weighted by Crippen LogP contribution is -2.27. The van der Waals surface area contributed by atoms with Gasteiger partial charge in [0.1, 0.15) is 11.4 Å². The predicted octanol–water partition coefficient (Wildman–Crippen LogP) is 3.97. The summed E-state index contributed by atoms with van der Waals surface area (Å²) in [4.78, 5) is 28.5. The third-order valence-electron chi connectivity index (χ3n) is 3.58. The molecule has 0 saturated carbocycles. The van der Waals surface area contributed by atoms with Crippen molar-refractivity contribution in [2.24, 2.45) is 5.41 Å². The maximum atomic E-state index is 12.3. The van der Waals surface area contributed by atoms with Gasteiger partial charge in [-0.15, -0.1) is 0 Å². The smallest absolute Gasteiger partial charge is 0.413 e. The molecule has 2 rings (SSSR count). The summed E-state index contributed by atoms with van der Waals surface area (Å²) in [6, 6.07) is 3.40. The Morgan fingerprint density at radius 1 is 1.32 bits per heavy atom. The van der Waals surface area contributed by atoms with Crippen molar-refractivity contribution >= 4 is 17.7 Å². The number of nitrogens with one attached hydrogen (secondary N) is 1. The van der Waals surface area contributed by atoms with Crippen LogP contribution < -0.4 is 5.32 Å². The highest BCUT2D eigenvalue weighted by Gasteiger charge is 2.29. The number of hydrogen-bond acceptors (Lipinski definition) is 4. The molecule has 0 saturated heterocycles. The van der Waals surface area contributed by atoms with Crippen molar-refractivity contribution in [3.63, 3.8) is 0 Å². The number of ether oxygens (including phenoxy) is 1. The predicted molar refractivity (Wildman–Crippen MR) is 85.1 cm³/mol. The van der Waals surface area contributed by atoms with Crippen LogP contribution in [0.2, 0.25) is 0 Å². The van der Waals surface area contributed by atoms with Gasteiger partial charge in [0.25, 0.3) is 0 Å². The maximum Gasteiger partial charge on any atom is 0.413 e. The standard InChI is InChI=1S/C17H24N2O3/c1-16(2,3)22-15(21)19-14-7-6-11-12(18-14)8-9-17(4,5)10-13(11)20/h6-7H,8-10H2,1-5H3,(H,18,19,21). The van der Waals surface area contributed by atoms with Gasteiger partial charge in [0, 0.05) is 12.0 Å². The zero-order chi connectivity index (χ0) is 16.5. The molecule has 0 radical (unpaired) electrons. The molecule has 0 atom stereocenters. The summed E-state index contributed by atoms with van der Waals surface area (Å²) in [5, 5.41) is 2.62. The van der Waals surface area contributed by atoms with E-state index < -0.39 is 11.7 Å². The molecular weight excluding hydrogens is 280 g/mol. The van der Waals surface area contributed by atoms with Gasteiger partial charge in [-0.25, -0.2) is 9.78 Å². The molecule has 1 aliphatic rings. The minimum Gasteiger partial charge on any atom is -0.444 e. The SMILES string of the molecule is CC1(C)CCc2nc(NC(=O)OC(C)(C)C)ccc2C(=O)C1. The second-order valence-electron chi connectivity index (χ2n) is 7.58. The van der Waals surface area contributed by atoms with Crippen LogP contribution in [-0.4, -0.2) is 22.5 Å². The number of anilines is 1. The maximum absolute atomic E-state index is 12.3. The van der Waals surface area contributed by atoms with Gasteiger partial charge in [-0.05, 0) is 51.2 Å². The monoisotopic (exact) mass is 304 g/mol. The quantitative estimate of drug-likeness (QED) is 0.797. The van der Waals surface area contributed by atoms with Crippen LogP contribution in [0, 0.1) is 5.41 Å². The Hall–Kier alpha value is -1.91. The molecule has 0 bridgehead atoms. The molecule has 0 fully saturated rings. The zero-order valence-corrected chi connectivity index (χ0v) is 13.9. The molecule has 0 aromatic carbocycles. The van der Waals surface area contributed by atoms with E-state index in [1.807, 2.05) is 0 Å². The number of nitrogens with zero attached hydrogens (tertiary/aromatic N) is 1. The van der Waals surface area contributed by atoms with Crippen molar-refractivity contribution in [2.45, 2.75) is 59.5 Å². The van der Waals surface area contributed by atoms with Crippen LogP contribution in [0.4, 0.5) is 10.6 Å². The van der Waals surface area contributed by atoms with Crippen molar-refractivity contribution in [1.82, 2.24) is 4.98 Å². The number of hydrogen-bond donors (Lipinski definition) is 1. The molecule has 1 aromatic rings. The summed E-state index contributed by atoms with van der Waals surface area (Å²) in [5.74, 6) is 0.536. The summed E-state index contributed by atoms with van der Waals surface area (Å²) in [6.45, 7) is 9.60. The fraction of sp³-hybridized carbons (Fsp3) is 0.588. The van der Waals surface area contributed by atoms with Crippen molar-refractivity contribution in [1.29, 1.82) is 0 Å². The van der Waals surface area contributed by atoms with Crippen molar-refractivity contribution in [3.05, 3.63) is 23.4 Å². The second-order valence-corrected chi connectivity index (χ2v) is 7.58. The van der Waals surface area contributed by atoms with E-state index in [4.69, 9.17) is 4.74 Å². The Balaban J connectivity index is 2.17. The Morgan fingerprint density at radius 2 is 2.00 bits per heavy atom. The Labute approximate surface area is 131 Å². The Kier molecular flexibility index (Phi) is 4.27. The van der Waals surface area contributed by atoms with E-state index in [1.54, 1.807) is 32.9 Å². The highest BCUT2D eigenvalue weighted by molar-refractivity contribution is 5.98. The lowest BCUT2D eigenvalue weighted by Gasteiger charge is -2.20. The van der Waals surface area contributed by atoms with E-state index in [2.05, 4.69) is 24.1 Å². The molecule has 22 heavy (non-hydrogen) atoms. The van der Waals surface area contributed by atoms with Gasteiger partial charge in [-0.3, -0.25) is 10.1 Å². The van der Waals surface area contributed by atoms with E-state index in [0.29, 0.717) is 17.8 Å². The van der Waals surface area contributed by atoms with Gasteiger partial charge in [0.2, 0.25) is 0 Å². The van der Waals surface area contributed by atoms with E-state index in [9.17, 15) is 9.59 Å². The van der Waals surface area contributed by atoms with Gasteiger partial charge in [-0.1, -0.05) is 13.8 Å². The number of Topliss-reactive ketones (excluding diaryl/α,β-unsaturated/α-hetero) is 1. The molecular formula is C17H24N2O3. The number of aryl methyl sites for hydroxylation is 1. The molecule has 0 spiro atoms. The van der Waals surface area contributed by atoms with Crippen LogP contribution in [0.15, 0.2) is 12.1 Å². The molecule has 1 aliphatic carbocycles. The van der Waals surface area contributed by atoms with Gasteiger partial charge in [0.15, 0.2) is 5.78 Å². The van der Waals surface area contributed by atoms with E-state index >= 15 is 0 Å². The average Bonchev–Trinajstić information content (AvgIpc) is 2.43. The third-order valence-corrected chi connectivity index (χ3v) is 3.58. The van der Waals surface area contributed by atoms with Crippen LogP contribution in [0.3, 0.4) is 0 Å². The summed E-state index contributed by atoms with van der Waals surface area (Å²) in [5.41, 5.74) is 0.844. The van der Waals surface area contributed by atoms with Gasteiger partial charge in [-0.2, -0.15) is 0 Å². The molecule has 1 aromatic heterocycles. The molecule has 120 valence electrons. The topological polar surface area (TPSA) is 68.3 Å². The van der Waals surface area contributed by atoms with Crippen molar-refractivity contribution < 1.29 is 14.3 Å². The van der Waals surface area contributed by atoms with E-state index in [1.165, 1.54) is 0 Å². The number of pyridine rings is 1. The Morgan fingerprint density at radius 3 is 2.64 bits per heavy atom. The van der Waals surface area contributed by atoms with Crippen LogP contribution in [0.5, 0.6) is 0 Å². The molecule has 1 N–H and O–H groups in total. The highest BCUT2D eigenvalue weighted by Crippen LogP contribution is 2.33. The summed E-state index contributed by atoms with van der Waals surface area (Å²) >= 11 is 0. The summed E-state index contributed by atoms with van der Waals surface area (Å²) < 4.78 is 5.21. The molecule has 5 nitrogen and oxygen atoms in total. The van der Waals surface area contributed by atoms with Crippen molar-refractivity contribution in [3.8, 4) is 0 Å². The number of amides is 1. The third kappa shape index (κ3) is 4.29. The minimum atomic E-state index is -0.560. The second kappa shape index (κ2) is 5.71. The van der Waals surface area contributed by atoms with Crippen LogP contribution in [-0.2, 0) is 11.2 Å². The lowest BCUT2D eigenvalue weighted by molar-refractivity contribution is 0.0635. The van der Waals surface area contributed by atoms with E-state index in [0.717, 1.165) is 18.5 Å². The van der Waals surface area contributed by atoms with Gasteiger partial charge >= 0.3 is 6.09 Å². The minimum absolute atomic E-state index is 0.0173. The van der Waals surface area contributed by atoms with Crippen LogP contribution in [0.1, 0.15) is 63.5 Å². The first-order valence-electron chi connectivity index (χ1n) is 7.59. The Bertz CT molecular complexity index is 600. The zero-order valence-electron chi connectivity index (χ0n) is 13.9. The molecule has 0 unspecified atom stereocenters.